The first-order chi connectivity index (χ1) is 19.5. The molecule has 0 spiro atoms. The number of nitrogens with one attached hydrogen (secondary N) is 1. The normalized spacial score (nSPS) is 19.9. The lowest BCUT2D eigenvalue weighted by Crippen LogP contribution is -2.39. The molecule has 0 bridgehead atoms. The van der Waals surface area contributed by atoms with Crippen LogP contribution in [0.4, 0.5) is 5.13 Å². The van der Waals surface area contributed by atoms with Crippen LogP contribution < -0.4 is 10.2 Å². The van der Waals surface area contributed by atoms with Gasteiger partial charge < -0.3 is 10.4 Å². The zero-order chi connectivity index (χ0) is 27.6. The van der Waals surface area contributed by atoms with Crippen molar-refractivity contribution in [3.8, 4) is 22.4 Å². The Morgan fingerprint density at radius 2 is 1.82 bits per heavy atom. The van der Waals surface area contributed by atoms with Crippen molar-refractivity contribution in [1.82, 2.24) is 15.3 Å². The first kappa shape index (κ1) is 26.6. The van der Waals surface area contributed by atoms with Crippen LogP contribution in [0, 0.1) is 11.8 Å². The average Bonchev–Trinajstić information content (AvgIpc) is 3.30. The second-order valence-corrected chi connectivity index (χ2v) is 12.1. The van der Waals surface area contributed by atoms with Crippen molar-refractivity contribution in [3.05, 3.63) is 53.7 Å². The number of amides is 2. The maximum absolute atomic E-state index is 13.8. The molecule has 1 aliphatic heterocycles. The molecule has 6 rings (SSSR count). The molecule has 1 unspecified atom stereocenters. The summed E-state index contributed by atoms with van der Waals surface area (Å²) < 4.78 is 0. The number of thiazole rings is 1. The van der Waals surface area contributed by atoms with Gasteiger partial charge in [-0.05, 0) is 43.2 Å². The molecule has 1 saturated heterocycles. The lowest BCUT2D eigenvalue weighted by molar-refractivity contribution is -0.141. The molecule has 208 valence electrons. The summed E-state index contributed by atoms with van der Waals surface area (Å²) in [4.78, 5) is 49.0. The van der Waals surface area contributed by atoms with E-state index in [0.717, 1.165) is 73.0 Å². The van der Waals surface area contributed by atoms with Gasteiger partial charge in [-0.1, -0.05) is 56.0 Å². The Morgan fingerprint density at radius 3 is 2.48 bits per heavy atom. The molecule has 2 atom stereocenters. The van der Waals surface area contributed by atoms with Gasteiger partial charge >= 0.3 is 5.97 Å². The van der Waals surface area contributed by atoms with Crippen molar-refractivity contribution in [3.63, 3.8) is 0 Å². The van der Waals surface area contributed by atoms with E-state index in [-0.39, 0.29) is 30.2 Å². The van der Waals surface area contributed by atoms with Crippen molar-refractivity contribution in [2.24, 2.45) is 11.8 Å². The molecule has 3 fully saturated rings. The number of hydrogen-bond donors (Lipinski definition) is 2. The molecule has 3 aliphatic rings. The van der Waals surface area contributed by atoms with Crippen LogP contribution in [0.5, 0.6) is 0 Å². The molecule has 2 N–H and O–H groups in total. The molecular formula is C31H34N4O4S. The molecule has 40 heavy (non-hydrogen) atoms. The molecule has 0 radical (unpaired) electrons. The Balaban J connectivity index is 1.26. The maximum Gasteiger partial charge on any atom is 0.304 e. The maximum atomic E-state index is 13.8. The third-order valence-electron chi connectivity index (χ3n) is 8.42. The van der Waals surface area contributed by atoms with E-state index in [9.17, 15) is 19.5 Å². The minimum absolute atomic E-state index is 0.0271. The lowest BCUT2D eigenvalue weighted by Gasteiger charge is -2.26. The smallest absolute Gasteiger partial charge is 0.304 e. The number of pyridine rings is 1. The quantitative estimate of drug-likeness (QED) is 0.333. The molecule has 3 heterocycles. The average molecular weight is 559 g/mol. The molecule has 1 aromatic carbocycles. The molecule has 2 aromatic heterocycles. The van der Waals surface area contributed by atoms with Crippen LogP contribution in [0.2, 0.25) is 0 Å². The van der Waals surface area contributed by atoms with Crippen LogP contribution in [-0.4, -0.2) is 45.4 Å². The minimum Gasteiger partial charge on any atom is -0.481 e. The van der Waals surface area contributed by atoms with Crippen LogP contribution in [0.25, 0.3) is 22.4 Å². The zero-order valence-electron chi connectivity index (χ0n) is 22.4. The number of anilines is 1. The Bertz CT molecular complexity index is 1390. The van der Waals surface area contributed by atoms with Gasteiger partial charge in [-0.25, -0.2) is 4.98 Å². The predicted molar refractivity (Wildman–Crippen MR) is 154 cm³/mol. The second-order valence-electron chi connectivity index (χ2n) is 11.3. The van der Waals surface area contributed by atoms with E-state index in [0.29, 0.717) is 24.0 Å². The molecule has 3 aromatic rings. The molecular weight excluding hydrogens is 524 g/mol. The Labute approximate surface area is 237 Å². The number of aromatic nitrogens is 2. The van der Waals surface area contributed by atoms with E-state index in [2.05, 4.69) is 10.3 Å². The summed E-state index contributed by atoms with van der Waals surface area (Å²) in [5.41, 5.74) is 4.40. The SMILES string of the molecule is O=C(O)C[C@@H](CC1CCCC1)C(=O)N(c1nc(-c2ccccc2-c2ccc(C3CCNC3=O)nc2)cs1)C1CC1. The Morgan fingerprint density at radius 1 is 1.05 bits per heavy atom. The van der Waals surface area contributed by atoms with Crippen LogP contribution in [0.1, 0.15) is 69.4 Å². The summed E-state index contributed by atoms with van der Waals surface area (Å²) in [7, 11) is 0. The van der Waals surface area contributed by atoms with Crippen molar-refractivity contribution in [1.29, 1.82) is 0 Å². The number of carboxylic acid groups (broad SMARTS) is 1. The number of aliphatic carboxylic acids is 1. The highest BCUT2D eigenvalue weighted by Crippen LogP contribution is 2.40. The number of hydrogen-bond acceptors (Lipinski definition) is 6. The molecule has 2 amide bonds. The van der Waals surface area contributed by atoms with E-state index < -0.39 is 11.9 Å². The van der Waals surface area contributed by atoms with E-state index in [4.69, 9.17) is 4.98 Å². The fraction of sp³-hybridized carbons (Fsp3) is 0.452. The first-order valence-electron chi connectivity index (χ1n) is 14.3. The molecule has 9 heteroatoms. The van der Waals surface area contributed by atoms with Gasteiger partial charge in [0.05, 0.1) is 23.7 Å². The van der Waals surface area contributed by atoms with Gasteiger partial charge in [0.2, 0.25) is 11.8 Å². The lowest BCUT2D eigenvalue weighted by atomic mass is 9.90. The van der Waals surface area contributed by atoms with Crippen molar-refractivity contribution < 1.29 is 19.5 Å². The summed E-state index contributed by atoms with van der Waals surface area (Å²) in [5.74, 6) is -1.28. The van der Waals surface area contributed by atoms with Gasteiger partial charge in [0.1, 0.15) is 0 Å². The minimum atomic E-state index is -0.922. The predicted octanol–water partition coefficient (Wildman–Crippen LogP) is 5.64. The highest BCUT2D eigenvalue weighted by Gasteiger charge is 2.40. The van der Waals surface area contributed by atoms with Gasteiger partial charge in [0, 0.05) is 41.2 Å². The van der Waals surface area contributed by atoms with Gasteiger partial charge in [0.15, 0.2) is 5.13 Å². The van der Waals surface area contributed by atoms with Crippen LogP contribution in [0.15, 0.2) is 48.0 Å². The van der Waals surface area contributed by atoms with E-state index in [1.54, 1.807) is 4.90 Å². The zero-order valence-corrected chi connectivity index (χ0v) is 23.2. The number of nitrogens with zero attached hydrogens (tertiary/aromatic N) is 3. The van der Waals surface area contributed by atoms with E-state index in [1.807, 2.05) is 48.0 Å². The van der Waals surface area contributed by atoms with Gasteiger partial charge in [-0.3, -0.25) is 24.3 Å². The number of carbonyl (C=O) groups is 3. The summed E-state index contributed by atoms with van der Waals surface area (Å²) in [6.07, 6.45) is 9.38. The highest BCUT2D eigenvalue weighted by molar-refractivity contribution is 7.14. The summed E-state index contributed by atoms with van der Waals surface area (Å²) >= 11 is 1.44. The fourth-order valence-corrected chi connectivity index (χ4v) is 7.09. The number of carboxylic acids is 1. The largest absolute Gasteiger partial charge is 0.481 e. The van der Waals surface area contributed by atoms with Gasteiger partial charge in [-0.15, -0.1) is 11.3 Å². The van der Waals surface area contributed by atoms with E-state index in [1.165, 1.54) is 11.3 Å². The third kappa shape index (κ3) is 5.66. The van der Waals surface area contributed by atoms with E-state index >= 15 is 0 Å². The third-order valence-corrected chi connectivity index (χ3v) is 9.26. The Hall–Kier alpha value is -3.59. The van der Waals surface area contributed by atoms with Crippen LogP contribution >= 0.6 is 11.3 Å². The summed E-state index contributed by atoms with van der Waals surface area (Å²) in [6, 6.07) is 12.0. The van der Waals surface area contributed by atoms with Crippen LogP contribution in [0.3, 0.4) is 0 Å². The number of benzene rings is 1. The van der Waals surface area contributed by atoms with Crippen molar-refractivity contribution in [2.75, 3.05) is 11.4 Å². The molecule has 2 aliphatic carbocycles. The monoisotopic (exact) mass is 558 g/mol. The first-order valence-corrected chi connectivity index (χ1v) is 15.2. The Kier molecular flexibility index (Phi) is 7.65. The number of rotatable bonds is 10. The second kappa shape index (κ2) is 11.5. The van der Waals surface area contributed by atoms with Crippen molar-refractivity contribution in [2.45, 2.75) is 69.7 Å². The number of carbonyl (C=O) groups excluding carboxylic acids is 2. The fourth-order valence-electron chi connectivity index (χ4n) is 6.19. The van der Waals surface area contributed by atoms with Gasteiger partial charge in [0.25, 0.3) is 0 Å². The topological polar surface area (TPSA) is 112 Å². The summed E-state index contributed by atoms with van der Waals surface area (Å²) in [5, 5.41) is 15.1. The van der Waals surface area contributed by atoms with Crippen LogP contribution in [-0.2, 0) is 14.4 Å². The standard InChI is InChI=1S/C31H34N4O4S/c36-28(37)16-21(15-19-5-1-2-6-19)30(39)35(22-10-11-22)31-34-27(18-40-31)24-8-4-3-7-23(24)20-9-12-26(33-17-20)25-13-14-32-29(25)38/h3-4,7-9,12,17-19,21-22,25H,1-2,5-6,10-11,13-16H2,(H,32,38)(H,36,37)/t21-,25?/m1/s1. The molecule has 2 saturated carbocycles. The molecule has 8 nitrogen and oxygen atoms in total. The summed E-state index contributed by atoms with van der Waals surface area (Å²) in [6.45, 7) is 0.680. The van der Waals surface area contributed by atoms with Gasteiger partial charge in [-0.2, -0.15) is 0 Å². The van der Waals surface area contributed by atoms with Crippen molar-refractivity contribution >= 4 is 34.3 Å². The highest BCUT2D eigenvalue weighted by atomic mass is 32.1.